The van der Waals surface area contributed by atoms with Crippen molar-refractivity contribution in [2.45, 2.75) is 6.54 Å². The normalized spacial score (nSPS) is 9.56. The molecule has 1 N–H and O–H groups in total. The van der Waals surface area contributed by atoms with E-state index in [1.54, 1.807) is 30.5 Å². The third-order valence-corrected chi connectivity index (χ3v) is 2.12. The zero-order valence-electron chi connectivity index (χ0n) is 8.48. The molecule has 16 heavy (non-hydrogen) atoms. The minimum Gasteiger partial charge on any atom is -1.00 e. The quantitative estimate of drug-likeness (QED) is 0.659. The number of hydrogen-bond donors (Lipinski definition) is 1. The lowest BCUT2D eigenvalue weighted by Gasteiger charge is -1.97. The van der Waals surface area contributed by atoms with Crippen LogP contribution in [0.1, 0.15) is 5.56 Å². The van der Waals surface area contributed by atoms with Crippen molar-refractivity contribution in [3.8, 4) is 5.75 Å². The van der Waals surface area contributed by atoms with Crippen molar-refractivity contribution >= 4 is 0 Å². The molecule has 84 valence electrons. The van der Waals surface area contributed by atoms with Crippen LogP contribution in [-0.4, -0.2) is 5.11 Å². The number of benzene rings is 1. The second kappa shape index (κ2) is 5.47. The Balaban J connectivity index is 0.00000128. The predicted octanol–water partition coefficient (Wildman–Crippen LogP) is -1.13. The van der Waals surface area contributed by atoms with Gasteiger partial charge in [-0.1, -0.05) is 0 Å². The van der Waals surface area contributed by atoms with Gasteiger partial charge in [-0.15, -0.1) is 0 Å². The fourth-order valence-corrected chi connectivity index (χ4v) is 1.41. The molecule has 0 saturated heterocycles. The molecule has 0 saturated carbocycles. The minimum absolute atomic E-state index is 0. The summed E-state index contributed by atoms with van der Waals surface area (Å²) in [4.78, 5) is 0. The Morgan fingerprint density at radius 2 is 1.81 bits per heavy atom. The summed E-state index contributed by atoms with van der Waals surface area (Å²) in [6.07, 6.45) is 3.48. The zero-order valence-corrected chi connectivity index (χ0v) is 9.23. The van der Waals surface area contributed by atoms with Crippen molar-refractivity contribution < 1.29 is 26.5 Å². The lowest BCUT2D eigenvalue weighted by atomic mass is 10.2. The minimum atomic E-state index is -0.236. The van der Waals surface area contributed by atoms with Crippen molar-refractivity contribution in [1.82, 2.24) is 0 Å². The summed E-state index contributed by atoms with van der Waals surface area (Å²) in [5.74, 6) is -0.0146. The van der Waals surface area contributed by atoms with E-state index in [1.165, 1.54) is 12.1 Å². The smallest absolute Gasteiger partial charge is 0.211 e. The first-order valence-corrected chi connectivity index (χ1v) is 4.66. The van der Waals surface area contributed by atoms with Crippen molar-refractivity contribution in [2.75, 3.05) is 0 Å². The highest BCUT2D eigenvalue weighted by molar-refractivity contribution is 5.15. The van der Waals surface area contributed by atoms with E-state index in [0.717, 1.165) is 5.56 Å². The fourth-order valence-electron chi connectivity index (χ4n) is 1.41. The molecule has 0 bridgehead atoms. The SMILES string of the molecule is Oc1ccc[n+](Cc2ccc(F)cc2)c1.[Cl-]. The molecule has 0 spiro atoms. The molecule has 0 radical (unpaired) electrons. The van der Waals surface area contributed by atoms with Gasteiger partial charge in [0.05, 0.1) is 0 Å². The highest BCUT2D eigenvalue weighted by Gasteiger charge is 2.03. The van der Waals surface area contributed by atoms with Crippen LogP contribution in [0.4, 0.5) is 4.39 Å². The largest absolute Gasteiger partial charge is 1.00 e. The van der Waals surface area contributed by atoms with Crippen LogP contribution in [0.3, 0.4) is 0 Å². The van der Waals surface area contributed by atoms with Gasteiger partial charge in [0, 0.05) is 11.6 Å². The molecular formula is C12H11ClFNO. The number of aromatic hydroxyl groups is 1. The van der Waals surface area contributed by atoms with Gasteiger partial charge in [0.2, 0.25) is 6.20 Å². The van der Waals surface area contributed by atoms with Gasteiger partial charge in [-0.2, -0.15) is 4.57 Å². The molecule has 4 heteroatoms. The number of nitrogens with zero attached hydrogens (tertiary/aromatic N) is 1. The van der Waals surface area contributed by atoms with Gasteiger partial charge in [-0.25, -0.2) is 4.39 Å². The Bertz CT molecular complexity index is 459. The van der Waals surface area contributed by atoms with E-state index in [0.29, 0.717) is 6.54 Å². The number of rotatable bonds is 2. The lowest BCUT2D eigenvalue weighted by Crippen LogP contribution is -3.00. The van der Waals surface area contributed by atoms with E-state index in [2.05, 4.69) is 0 Å². The molecule has 0 aliphatic rings. The number of aromatic nitrogens is 1. The Morgan fingerprint density at radius 3 is 2.44 bits per heavy atom. The molecule has 0 unspecified atom stereocenters. The second-order valence-corrected chi connectivity index (χ2v) is 3.36. The summed E-state index contributed by atoms with van der Waals surface area (Å²) in [7, 11) is 0. The van der Waals surface area contributed by atoms with E-state index in [-0.39, 0.29) is 24.0 Å². The van der Waals surface area contributed by atoms with Crippen molar-refractivity contribution in [1.29, 1.82) is 0 Å². The van der Waals surface area contributed by atoms with Gasteiger partial charge < -0.3 is 17.5 Å². The van der Waals surface area contributed by atoms with Crippen molar-refractivity contribution in [3.63, 3.8) is 0 Å². The molecule has 2 nitrogen and oxygen atoms in total. The molecular weight excluding hydrogens is 229 g/mol. The maximum Gasteiger partial charge on any atom is 0.211 e. The molecule has 1 heterocycles. The maximum atomic E-state index is 12.6. The predicted molar refractivity (Wildman–Crippen MR) is 53.8 cm³/mol. The summed E-state index contributed by atoms with van der Waals surface area (Å²) >= 11 is 0. The van der Waals surface area contributed by atoms with E-state index >= 15 is 0 Å². The van der Waals surface area contributed by atoms with Crippen molar-refractivity contribution in [3.05, 3.63) is 60.2 Å². The van der Waals surface area contributed by atoms with Crippen LogP contribution in [0.15, 0.2) is 48.8 Å². The molecule has 1 aromatic heterocycles. The first kappa shape index (κ1) is 12.5. The van der Waals surface area contributed by atoms with Gasteiger partial charge in [0.15, 0.2) is 18.5 Å². The van der Waals surface area contributed by atoms with Gasteiger partial charge in [-0.3, -0.25) is 0 Å². The second-order valence-electron chi connectivity index (χ2n) is 3.36. The fraction of sp³-hybridized carbons (Fsp3) is 0.0833. The van der Waals surface area contributed by atoms with Gasteiger partial charge in [0.1, 0.15) is 5.82 Å². The highest BCUT2D eigenvalue weighted by Crippen LogP contribution is 2.04. The summed E-state index contributed by atoms with van der Waals surface area (Å²) in [6, 6.07) is 9.69. The standard InChI is InChI=1S/C12H10FNO.ClH/c13-11-5-3-10(4-6-11)8-14-7-1-2-12(15)9-14;/h1-7,9H,8H2;1H. The summed E-state index contributed by atoms with van der Waals surface area (Å²) in [6.45, 7) is 0.620. The molecule has 0 amide bonds. The average molecular weight is 240 g/mol. The topological polar surface area (TPSA) is 24.1 Å². The third-order valence-electron chi connectivity index (χ3n) is 2.12. The van der Waals surface area contributed by atoms with Gasteiger partial charge in [-0.05, 0) is 30.3 Å². The summed E-state index contributed by atoms with van der Waals surface area (Å²) in [5, 5.41) is 9.25. The Labute approximate surface area is 99.4 Å². The van der Waals surface area contributed by atoms with Gasteiger partial charge in [0.25, 0.3) is 0 Å². The number of pyridine rings is 1. The molecule has 0 atom stereocenters. The Morgan fingerprint density at radius 1 is 1.12 bits per heavy atom. The number of halogens is 2. The monoisotopic (exact) mass is 239 g/mol. The molecule has 0 fully saturated rings. The van der Waals surface area contributed by atoms with Crippen LogP contribution in [0, 0.1) is 5.82 Å². The average Bonchev–Trinajstić information content (AvgIpc) is 2.22. The van der Waals surface area contributed by atoms with E-state index in [4.69, 9.17) is 0 Å². The highest BCUT2D eigenvalue weighted by atomic mass is 35.5. The molecule has 2 aromatic rings. The van der Waals surface area contributed by atoms with Crippen LogP contribution >= 0.6 is 0 Å². The van der Waals surface area contributed by atoms with E-state index < -0.39 is 0 Å². The first-order valence-electron chi connectivity index (χ1n) is 4.66. The molecule has 0 aliphatic heterocycles. The summed E-state index contributed by atoms with van der Waals surface area (Å²) < 4.78 is 14.5. The van der Waals surface area contributed by atoms with Crippen LogP contribution in [0.25, 0.3) is 0 Å². The lowest BCUT2D eigenvalue weighted by molar-refractivity contribution is -0.688. The van der Waals surface area contributed by atoms with Crippen molar-refractivity contribution in [2.24, 2.45) is 0 Å². The van der Waals surface area contributed by atoms with Crippen LogP contribution in [0.5, 0.6) is 5.75 Å². The van der Waals surface area contributed by atoms with Crippen LogP contribution < -0.4 is 17.0 Å². The molecule has 0 aliphatic carbocycles. The Kier molecular flexibility index (Phi) is 4.26. The van der Waals surface area contributed by atoms with Crippen LogP contribution in [0.2, 0.25) is 0 Å². The van der Waals surface area contributed by atoms with Gasteiger partial charge >= 0.3 is 0 Å². The first-order chi connectivity index (χ1) is 7.24. The zero-order chi connectivity index (χ0) is 10.7. The van der Waals surface area contributed by atoms with E-state index in [1.807, 2.05) is 10.8 Å². The third kappa shape index (κ3) is 3.21. The Hall–Kier alpha value is -1.61. The molecule has 2 rings (SSSR count). The van der Waals surface area contributed by atoms with Crippen LogP contribution in [-0.2, 0) is 6.54 Å². The number of hydrogen-bond acceptors (Lipinski definition) is 1. The molecule has 1 aromatic carbocycles. The maximum absolute atomic E-state index is 12.6. The van der Waals surface area contributed by atoms with E-state index in [9.17, 15) is 9.50 Å². The summed E-state index contributed by atoms with van der Waals surface area (Å²) in [5.41, 5.74) is 0.993.